The lowest BCUT2D eigenvalue weighted by atomic mass is 9.97. The fraction of sp³-hybridized carbons (Fsp3) is 0.368. The van der Waals surface area contributed by atoms with Crippen LogP contribution in [0.5, 0.6) is 0 Å². The fourth-order valence-corrected chi connectivity index (χ4v) is 3.70. The number of carbonyl (C=O) groups excluding carboxylic acids is 1. The van der Waals surface area contributed by atoms with E-state index in [2.05, 4.69) is 19.5 Å². The van der Waals surface area contributed by atoms with Crippen molar-refractivity contribution in [3.8, 4) is 0 Å². The molecule has 3 heterocycles. The Morgan fingerprint density at radius 1 is 1.22 bits per heavy atom. The van der Waals surface area contributed by atoms with Gasteiger partial charge in [0, 0.05) is 37.6 Å². The molecule has 1 aliphatic rings. The number of carbonyl (C=O) groups is 1. The molecule has 140 valence electrons. The van der Waals surface area contributed by atoms with E-state index in [1.54, 1.807) is 24.4 Å². The van der Waals surface area contributed by atoms with Crippen molar-refractivity contribution in [2.45, 2.75) is 26.3 Å². The first-order chi connectivity index (χ1) is 13.0. The van der Waals surface area contributed by atoms with Crippen LogP contribution in [0.25, 0.3) is 11.0 Å². The van der Waals surface area contributed by atoms with Crippen LogP contribution in [0, 0.1) is 12.8 Å². The Hall–Kier alpha value is -3.16. The molecule has 1 amide bonds. The maximum Gasteiger partial charge on any atom is 0.314 e. The lowest BCUT2D eigenvalue weighted by molar-refractivity contribution is 0.0662. The number of aromatic nitrogens is 4. The number of hydrogen-bond donors (Lipinski definition) is 2. The second kappa shape index (κ2) is 6.86. The molecule has 0 saturated carbocycles. The lowest BCUT2D eigenvalue weighted by Gasteiger charge is -2.33. The molecule has 0 spiro atoms. The molecule has 2 N–H and O–H groups in total. The monoisotopic (exact) mass is 367 g/mol. The molecule has 4 rings (SSSR count). The molecule has 1 saturated heterocycles. The van der Waals surface area contributed by atoms with E-state index >= 15 is 0 Å². The molecule has 1 fully saturated rings. The molecule has 8 nitrogen and oxygen atoms in total. The summed E-state index contributed by atoms with van der Waals surface area (Å²) in [6.07, 6.45) is 5.80. The van der Waals surface area contributed by atoms with Crippen LogP contribution >= 0.6 is 0 Å². The lowest BCUT2D eigenvalue weighted by Crippen LogP contribution is -2.41. The van der Waals surface area contributed by atoms with Gasteiger partial charge < -0.3 is 19.4 Å². The van der Waals surface area contributed by atoms with Crippen molar-refractivity contribution in [2.24, 2.45) is 5.92 Å². The molecule has 0 radical (unpaired) electrons. The Morgan fingerprint density at radius 3 is 2.74 bits per heavy atom. The predicted molar refractivity (Wildman–Crippen MR) is 101 cm³/mol. The molecular formula is C19H21N5O3. The number of piperidine rings is 1. The third-order valence-corrected chi connectivity index (χ3v) is 5.15. The third-order valence-electron chi connectivity index (χ3n) is 5.15. The van der Waals surface area contributed by atoms with Crippen molar-refractivity contribution in [2.75, 3.05) is 13.1 Å². The van der Waals surface area contributed by atoms with Crippen molar-refractivity contribution >= 4 is 16.9 Å². The quantitative estimate of drug-likeness (QED) is 0.680. The van der Waals surface area contributed by atoms with Gasteiger partial charge in [-0.3, -0.25) is 14.4 Å². The average Bonchev–Trinajstić information content (AvgIpc) is 3.06. The van der Waals surface area contributed by atoms with Crippen molar-refractivity contribution < 1.29 is 4.79 Å². The van der Waals surface area contributed by atoms with Gasteiger partial charge in [0.25, 0.3) is 5.91 Å². The summed E-state index contributed by atoms with van der Waals surface area (Å²) in [6.45, 7) is 4.24. The van der Waals surface area contributed by atoms with Crippen LogP contribution in [-0.4, -0.2) is 43.4 Å². The number of likely N-dealkylation sites (tertiary alicyclic amines) is 1. The number of fused-ring (bicyclic) bond motifs is 1. The Morgan fingerprint density at radius 2 is 2.00 bits per heavy atom. The zero-order valence-corrected chi connectivity index (χ0v) is 15.1. The van der Waals surface area contributed by atoms with E-state index in [0.717, 1.165) is 31.8 Å². The molecule has 1 atom stereocenters. The number of nitrogens with zero attached hydrogens (tertiary/aromatic N) is 3. The number of benzene rings is 1. The van der Waals surface area contributed by atoms with E-state index in [1.807, 2.05) is 18.0 Å². The molecule has 27 heavy (non-hydrogen) atoms. The number of H-pyrrole nitrogens is 2. The second-order valence-corrected chi connectivity index (χ2v) is 7.05. The molecule has 0 bridgehead atoms. The van der Waals surface area contributed by atoms with Crippen LogP contribution in [0.2, 0.25) is 0 Å². The first-order valence-electron chi connectivity index (χ1n) is 9.04. The highest BCUT2D eigenvalue weighted by molar-refractivity contribution is 5.97. The smallest absolute Gasteiger partial charge is 0.314 e. The van der Waals surface area contributed by atoms with Crippen LogP contribution in [0.4, 0.5) is 0 Å². The summed E-state index contributed by atoms with van der Waals surface area (Å²) in [4.78, 5) is 47.0. The minimum atomic E-state index is -0.721. The Kier molecular flexibility index (Phi) is 4.39. The number of rotatable bonds is 3. The topological polar surface area (TPSA) is 104 Å². The zero-order chi connectivity index (χ0) is 19.0. The van der Waals surface area contributed by atoms with Crippen molar-refractivity contribution in [3.63, 3.8) is 0 Å². The Bertz CT molecular complexity index is 1110. The molecule has 3 aromatic rings. The van der Waals surface area contributed by atoms with Gasteiger partial charge >= 0.3 is 11.1 Å². The van der Waals surface area contributed by atoms with Crippen LogP contribution in [0.15, 0.2) is 40.2 Å². The molecule has 0 aliphatic carbocycles. The minimum Gasteiger partial charge on any atom is -0.338 e. The number of aromatic amines is 2. The maximum atomic E-state index is 13.0. The number of hydrogen-bond acceptors (Lipinski definition) is 4. The van der Waals surface area contributed by atoms with Crippen LogP contribution in [0.3, 0.4) is 0 Å². The highest BCUT2D eigenvalue weighted by Crippen LogP contribution is 2.21. The Balaban J connectivity index is 1.54. The van der Waals surface area contributed by atoms with Gasteiger partial charge in [0.05, 0.1) is 11.0 Å². The van der Waals surface area contributed by atoms with E-state index in [0.29, 0.717) is 29.1 Å². The summed E-state index contributed by atoms with van der Waals surface area (Å²) >= 11 is 0. The van der Waals surface area contributed by atoms with E-state index in [-0.39, 0.29) is 5.91 Å². The molecule has 2 aromatic heterocycles. The number of nitrogens with one attached hydrogen (secondary N) is 2. The number of aryl methyl sites for hydroxylation is 1. The highest BCUT2D eigenvalue weighted by Gasteiger charge is 2.25. The van der Waals surface area contributed by atoms with Gasteiger partial charge in [0.15, 0.2) is 0 Å². The van der Waals surface area contributed by atoms with Crippen molar-refractivity contribution in [1.82, 2.24) is 24.4 Å². The van der Waals surface area contributed by atoms with Gasteiger partial charge in [-0.25, -0.2) is 4.98 Å². The summed E-state index contributed by atoms with van der Waals surface area (Å²) in [6, 6.07) is 4.96. The first-order valence-corrected chi connectivity index (χ1v) is 9.04. The van der Waals surface area contributed by atoms with Crippen LogP contribution < -0.4 is 11.1 Å². The van der Waals surface area contributed by atoms with E-state index < -0.39 is 11.1 Å². The molecule has 8 heteroatoms. The minimum absolute atomic E-state index is 0.0593. The summed E-state index contributed by atoms with van der Waals surface area (Å²) in [7, 11) is 0. The van der Waals surface area contributed by atoms with Crippen LogP contribution in [-0.2, 0) is 6.54 Å². The van der Waals surface area contributed by atoms with Gasteiger partial charge in [-0.15, -0.1) is 0 Å². The second-order valence-electron chi connectivity index (χ2n) is 7.05. The summed E-state index contributed by atoms with van der Waals surface area (Å²) in [5, 5.41) is 0. The Labute approximate surface area is 154 Å². The van der Waals surface area contributed by atoms with Gasteiger partial charge in [0.1, 0.15) is 5.82 Å². The summed E-state index contributed by atoms with van der Waals surface area (Å²) in [5.74, 6) is 1.30. The molecule has 1 aliphatic heterocycles. The number of imidazole rings is 1. The van der Waals surface area contributed by atoms with Gasteiger partial charge in [-0.1, -0.05) is 0 Å². The summed E-state index contributed by atoms with van der Waals surface area (Å²) in [5.41, 5.74) is 0.0389. The molecular weight excluding hydrogens is 346 g/mol. The zero-order valence-electron chi connectivity index (χ0n) is 15.1. The van der Waals surface area contributed by atoms with Crippen molar-refractivity contribution in [3.05, 3.63) is 62.7 Å². The standard InChI is InChI=1S/C19H21N5O3/c1-12-20-6-8-23(12)10-13-3-2-7-24(11-13)19(27)14-4-5-15-16(9-14)22-18(26)17(25)21-15/h4-6,8-9,13H,2-3,7,10-11H2,1H3,(H,21,25)(H,22,26)/t13-/m0/s1. The third kappa shape index (κ3) is 3.42. The highest BCUT2D eigenvalue weighted by atomic mass is 16.2. The van der Waals surface area contributed by atoms with Gasteiger partial charge in [-0.05, 0) is 43.9 Å². The van der Waals surface area contributed by atoms with Crippen LogP contribution in [0.1, 0.15) is 29.0 Å². The number of amides is 1. The van der Waals surface area contributed by atoms with E-state index in [1.165, 1.54) is 0 Å². The van der Waals surface area contributed by atoms with Gasteiger partial charge in [-0.2, -0.15) is 0 Å². The average molecular weight is 367 g/mol. The first kappa shape index (κ1) is 17.3. The van der Waals surface area contributed by atoms with Gasteiger partial charge in [0.2, 0.25) is 0 Å². The van der Waals surface area contributed by atoms with E-state index in [4.69, 9.17) is 0 Å². The van der Waals surface area contributed by atoms with Crippen molar-refractivity contribution in [1.29, 1.82) is 0 Å². The fourth-order valence-electron chi connectivity index (χ4n) is 3.70. The van der Waals surface area contributed by atoms with E-state index in [9.17, 15) is 14.4 Å². The maximum absolute atomic E-state index is 13.0. The predicted octanol–water partition coefficient (Wildman–Crippen LogP) is 1.27. The SMILES string of the molecule is Cc1nccn1C[C@@H]1CCCN(C(=O)c2ccc3[nH]c(=O)c(=O)[nH]c3c2)C1. The molecule has 0 unspecified atom stereocenters. The normalized spacial score (nSPS) is 17.4. The molecule has 1 aromatic carbocycles. The largest absolute Gasteiger partial charge is 0.338 e. The summed E-state index contributed by atoms with van der Waals surface area (Å²) < 4.78 is 2.12.